The topological polar surface area (TPSA) is 41.9 Å². The molecule has 0 saturated carbocycles. The van der Waals surface area contributed by atoms with Crippen molar-refractivity contribution >= 4 is 147 Å². The van der Waals surface area contributed by atoms with Crippen LogP contribution in [0.4, 0.5) is 17.1 Å². The van der Waals surface area contributed by atoms with Gasteiger partial charge in [0.25, 0.3) is 0 Å². The van der Waals surface area contributed by atoms with Crippen LogP contribution in [0.2, 0.25) is 0 Å². The van der Waals surface area contributed by atoms with E-state index in [0.29, 0.717) is 17.5 Å². The molecule has 0 fully saturated rings. The molecule has 0 saturated heterocycles. The minimum Gasteiger partial charge on any atom is -0.309 e. The second kappa shape index (κ2) is 13.6. The fourth-order valence-corrected chi connectivity index (χ4v) is 11.1. The molecular formula is C51H35B5N4S. The Hall–Kier alpha value is -6.89. The molecule has 280 valence electrons. The summed E-state index contributed by atoms with van der Waals surface area (Å²) in [5.74, 6) is 2.03. The number of aromatic nitrogens is 3. The Bertz CT molecular complexity index is 3660. The summed E-state index contributed by atoms with van der Waals surface area (Å²) in [6.07, 6.45) is 0. The second-order valence-electron chi connectivity index (χ2n) is 16.5. The summed E-state index contributed by atoms with van der Waals surface area (Å²) in [7, 11) is 11.1. The molecule has 4 nitrogen and oxygen atoms in total. The van der Waals surface area contributed by atoms with Crippen LogP contribution >= 0.6 is 11.3 Å². The van der Waals surface area contributed by atoms with E-state index in [1.807, 2.05) is 11.3 Å². The molecular weight excluding hydrogens is 755 g/mol. The van der Waals surface area contributed by atoms with E-state index in [4.69, 9.17) is 15.0 Å². The first-order valence-electron chi connectivity index (χ1n) is 21.0. The van der Waals surface area contributed by atoms with Gasteiger partial charge in [0.15, 0.2) is 17.5 Å². The van der Waals surface area contributed by atoms with E-state index in [1.165, 1.54) is 91.5 Å². The lowest BCUT2D eigenvalue weighted by Gasteiger charge is -2.35. The summed E-state index contributed by atoms with van der Waals surface area (Å²) in [5.41, 5.74) is 15.3. The first-order valence-corrected chi connectivity index (χ1v) is 21.8. The molecule has 1 aliphatic rings. The quantitative estimate of drug-likeness (QED) is 0.223. The number of hydrogen-bond donors (Lipinski definition) is 0. The van der Waals surface area contributed by atoms with Crippen LogP contribution in [0.5, 0.6) is 0 Å². The average Bonchev–Trinajstić information content (AvgIpc) is 3.68. The third kappa shape index (κ3) is 5.35. The average molecular weight is 790 g/mol. The number of thiophene rings is 1. The number of hydrogen-bond acceptors (Lipinski definition) is 5. The Kier molecular flexibility index (Phi) is 8.01. The molecule has 11 aromatic rings. The zero-order chi connectivity index (χ0) is 41.1. The van der Waals surface area contributed by atoms with Gasteiger partial charge in [-0.2, -0.15) is 0 Å². The van der Waals surface area contributed by atoms with E-state index >= 15 is 0 Å². The van der Waals surface area contributed by atoms with Crippen molar-refractivity contribution in [3.05, 3.63) is 152 Å². The lowest BCUT2D eigenvalue weighted by Crippen LogP contribution is -2.55. The molecule has 10 heteroatoms. The van der Waals surface area contributed by atoms with Crippen LogP contribution < -0.4 is 32.2 Å². The molecule has 0 N–H and O–H groups in total. The highest BCUT2D eigenvalue weighted by molar-refractivity contribution is 7.25. The van der Waals surface area contributed by atoms with Crippen LogP contribution in [0.3, 0.4) is 0 Å². The van der Waals surface area contributed by atoms with E-state index in [0.717, 1.165) is 33.2 Å². The van der Waals surface area contributed by atoms with E-state index in [9.17, 15) is 0 Å². The largest absolute Gasteiger partial charge is 0.309 e. The van der Waals surface area contributed by atoms with Gasteiger partial charge in [-0.25, -0.2) is 15.0 Å². The smallest absolute Gasteiger partial charge is 0.164 e. The molecule has 61 heavy (non-hydrogen) atoms. The number of anilines is 3. The van der Waals surface area contributed by atoms with Crippen molar-refractivity contribution < 1.29 is 0 Å². The summed E-state index contributed by atoms with van der Waals surface area (Å²) >= 11 is 1.81. The Balaban J connectivity index is 1.11. The van der Waals surface area contributed by atoms with Crippen molar-refractivity contribution in [3.8, 4) is 45.3 Å². The van der Waals surface area contributed by atoms with Gasteiger partial charge >= 0.3 is 0 Å². The first kappa shape index (κ1) is 36.0. The predicted octanol–water partition coefficient (Wildman–Crippen LogP) is 5.44. The monoisotopic (exact) mass is 790 g/mol. The van der Waals surface area contributed by atoms with Crippen molar-refractivity contribution in [2.45, 2.75) is 0 Å². The van der Waals surface area contributed by atoms with Gasteiger partial charge in [-0.15, -0.1) is 27.7 Å². The van der Waals surface area contributed by atoms with Crippen molar-refractivity contribution in [2.24, 2.45) is 0 Å². The third-order valence-electron chi connectivity index (χ3n) is 13.4. The molecule has 9 aromatic carbocycles. The highest BCUT2D eigenvalue weighted by Crippen LogP contribution is 2.54. The summed E-state index contributed by atoms with van der Waals surface area (Å²) in [4.78, 5) is 18.6. The predicted molar refractivity (Wildman–Crippen MR) is 276 cm³/mol. The third-order valence-corrected chi connectivity index (χ3v) is 14.6. The van der Waals surface area contributed by atoms with Crippen LogP contribution in [-0.4, -0.2) is 54.2 Å². The zero-order valence-corrected chi connectivity index (χ0v) is 35.4. The summed E-state index contributed by atoms with van der Waals surface area (Å²) < 4.78 is 2.50. The number of nitrogens with zero attached hydrogens (tertiary/aromatic N) is 4. The number of fused-ring (bicyclic) bond motifs is 8. The highest BCUT2D eigenvalue weighted by Gasteiger charge is 2.29. The van der Waals surface area contributed by atoms with Gasteiger partial charge in [0, 0.05) is 53.2 Å². The lowest BCUT2D eigenvalue weighted by atomic mass is 9.60. The van der Waals surface area contributed by atoms with Crippen molar-refractivity contribution in [2.75, 3.05) is 4.90 Å². The van der Waals surface area contributed by atoms with Gasteiger partial charge in [-0.3, -0.25) is 0 Å². The molecule has 0 bridgehead atoms. The molecule has 0 unspecified atom stereocenters. The van der Waals surface area contributed by atoms with Crippen LogP contribution in [0.25, 0.3) is 97.8 Å². The van der Waals surface area contributed by atoms with Crippen LogP contribution in [0.15, 0.2) is 152 Å². The Morgan fingerprint density at radius 1 is 0.377 bits per heavy atom. The summed E-state index contributed by atoms with van der Waals surface area (Å²) in [6, 6.07) is 55.2. The van der Waals surface area contributed by atoms with E-state index < -0.39 is 0 Å². The molecule has 0 spiro atoms. The van der Waals surface area contributed by atoms with E-state index in [1.54, 1.807) is 0 Å². The molecule has 1 aliphatic heterocycles. The molecule has 3 heterocycles. The molecule has 0 amide bonds. The van der Waals surface area contributed by atoms with Crippen molar-refractivity contribution in [3.63, 3.8) is 0 Å². The van der Waals surface area contributed by atoms with Crippen molar-refractivity contribution in [1.82, 2.24) is 15.0 Å². The molecule has 0 aliphatic carbocycles. The number of rotatable bonds is 4. The van der Waals surface area contributed by atoms with Crippen LogP contribution in [-0.2, 0) is 0 Å². The lowest BCUT2D eigenvalue weighted by molar-refractivity contribution is 1.08. The van der Waals surface area contributed by atoms with Gasteiger partial charge < -0.3 is 4.90 Å². The minimum atomic E-state index is 0.659. The standard InChI is InChI=1S/C51H35B5N4S/c52-44-43(45(53)47(55)48(56)46(44)54)51-58-49(28-19-21-33-32-15-5-6-18-39(32)61-40(33)25-28)57-50(59-51)34-22-24-36(31-14-4-3-13-30(31)34)60-37-17-8-11-27-10-7-16-35(41(27)37)42-29-12-2-1-9-26(29)20-23-38(42)60/h1-25H,52-56H2. The molecule has 0 atom stereocenters. The summed E-state index contributed by atoms with van der Waals surface area (Å²) in [5, 5.41) is 9.71. The SMILES string of the molecule is Bc1c(B)c(B)c(-c2nc(-c3ccc4c(c3)sc3ccccc34)nc(-c3ccc(N4c5ccc6ccccc6c5-c5cccc6cccc4c56)c4ccccc34)n2)c(B)c1B. The Morgan fingerprint density at radius 2 is 1.00 bits per heavy atom. The molecule has 12 rings (SSSR count). The normalized spacial score (nSPS) is 12.2. The fraction of sp³-hybridized carbons (Fsp3) is 0. The van der Waals surface area contributed by atoms with Crippen LogP contribution in [0.1, 0.15) is 0 Å². The van der Waals surface area contributed by atoms with Gasteiger partial charge in [-0.1, -0.05) is 126 Å². The van der Waals surface area contributed by atoms with Crippen LogP contribution in [0, 0.1) is 0 Å². The second-order valence-corrected chi connectivity index (χ2v) is 17.6. The summed E-state index contributed by atoms with van der Waals surface area (Å²) in [6.45, 7) is 0. The maximum atomic E-state index is 5.42. The van der Waals surface area contributed by atoms with Gasteiger partial charge in [0.1, 0.15) is 39.2 Å². The van der Waals surface area contributed by atoms with Gasteiger partial charge in [-0.05, 0) is 63.5 Å². The minimum absolute atomic E-state index is 0.659. The van der Waals surface area contributed by atoms with Gasteiger partial charge in [0.05, 0.1) is 17.1 Å². The Morgan fingerprint density at radius 3 is 1.82 bits per heavy atom. The Labute approximate surface area is 362 Å². The molecule has 2 aromatic heterocycles. The first-order chi connectivity index (χ1) is 29.8. The maximum absolute atomic E-state index is 5.42. The van der Waals surface area contributed by atoms with Gasteiger partial charge in [0.2, 0.25) is 0 Å². The van der Waals surface area contributed by atoms with E-state index in [-0.39, 0.29) is 0 Å². The number of benzene rings is 9. The molecule has 0 radical (unpaired) electrons. The highest BCUT2D eigenvalue weighted by atomic mass is 32.1. The van der Waals surface area contributed by atoms with Crippen molar-refractivity contribution in [1.29, 1.82) is 0 Å². The maximum Gasteiger partial charge on any atom is 0.164 e. The van der Waals surface area contributed by atoms with E-state index in [2.05, 4.69) is 196 Å². The fourth-order valence-electron chi connectivity index (χ4n) is 9.95. The zero-order valence-electron chi connectivity index (χ0n) is 34.6.